The molecule has 0 aliphatic carbocycles. The van der Waals surface area contributed by atoms with Crippen molar-refractivity contribution in [2.45, 2.75) is 32.1 Å². The molecular formula is C27H29N7O2. The van der Waals surface area contributed by atoms with Crippen molar-refractivity contribution in [2.75, 3.05) is 25.0 Å². The highest BCUT2D eigenvalue weighted by Gasteiger charge is 2.17. The van der Waals surface area contributed by atoms with Gasteiger partial charge in [-0.05, 0) is 37.6 Å². The van der Waals surface area contributed by atoms with Crippen LogP contribution in [0.1, 0.15) is 25.5 Å². The first kappa shape index (κ1) is 22.7. The molecule has 1 saturated heterocycles. The fourth-order valence-electron chi connectivity index (χ4n) is 4.56. The molecule has 2 aromatic carbocycles. The Kier molecular flexibility index (Phi) is 5.67. The highest BCUT2D eigenvalue weighted by atomic mass is 16.5. The van der Waals surface area contributed by atoms with Crippen molar-refractivity contribution in [3.8, 4) is 11.3 Å². The van der Waals surface area contributed by atoms with E-state index < -0.39 is 5.60 Å². The van der Waals surface area contributed by atoms with Crippen LogP contribution in [-0.2, 0) is 11.3 Å². The number of morpholine rings is 1. The first-order chi connectivity index (χ1) is 17.4. The molecule has 36 heavy (non-hydrogen) atoms. The molecule has 3 N–H and O–H groups in total. The lowest BCUT2D eigenvalue weighted by Gasteiger charge is -2.24. The Balaban J connectivity index is 1.30. The Morgan fingerprint density at radius 3 is 2.81 bits per heavy atom. The van der Waals surface area contributed by atoms with E-state index in [9.17, 15) is 5.11 Å². The number of hydrogen-bond acceptors (Lipinski definition) is 7. The molecule has 3 aromatic heterocycles. The van der Waals surface area contributed by atoms with Gasteiger partial charge in [-0.2, -0.15) is 5.10 Å². The van der Waals surface area contributed by atoms with Gasteiger partial charge >= 0.3 is 0 Å². The van der Waals surface area contributed by atoms with Gasteiger partial charge in [-0.3, -0.25) is 4.68 Å². The standard InChI is InChI=1S/C27H29N7O2/c1-27(2,35)17-34-15-20-4-3-19(13-22(20)32-34)23-16-33-11-9-29-26(33)25(31-23)30-21-7-5-18(6-8-21)24-14-28-10-12-36-24/h3-9,11,13,15-16,24,28,35H,10,12,14,17H2,1-2H3,(H,30,31). The van der Waals surface area contributed by atoms with Crippen LogP contribution < -0.4 is 10.6 Å². The minimum atomic E-state index is -0.835. The zero-order valence-electron chi connectivity index (χ0n) is 20.3. The highest BCUT2D eigenvalue weighted by Crippen LogP contribution is 2.28. The molecule has 1 atom stereocenters. The first-order valence-corrected chi connectivity index (χ1v) is 12.1. The Hall–Kier alpha value is -3.79. The van der Waals surface area contributed by atoms with E-state index in [1.54, 1.807) is 24.7 Å². The van der Waals surface area contributed by atoms with Gasteiger partial charge in [0.1, 0.15) is 0 Å². The number of ether oxygens (including phenoxy) is 1. The zero-order chi connectivity index (χ0) is 24.7. The number of hydrogen-bond donors (Lipinski definition) is 3. The summed E-state index contributed by atoms with van der Waals surface area (Å²) in [7, 11) is 0. The monoisotopic (exact) mass is 483 g/mol. The predicted octanol–water partition coefficient (Wildman–Crippen LogP) is 3.92. The molecule has 0 bridgehead atoms. The molecule has 0 saturated carbocycles. The number of benzene rings is 2. The van der Waals surface area contributed by atoms with Gasteiger partial charge in [0.05, 0.1) is 36.1 Å². The number of anilines is 2. The topological polar surface area (TPSA) is 102 Å². The predicted molar refractivity (Wildman–Crippen MR) is 139 cm³/mol. The van der Waals surface area contributed by atoms with Crippen LogP contribution in [0.15, 0.2) is 67.3 Å². The van der Waals surface area contributed by atoms with E-state index in [1.165, 1.54) is 0 Å². The summed E-state index contributed by atoms with van der Waals surface area (Å²) in [6.45, 7) is 6.42. The summed E-state index contributed by atoms with van der Waals surface area (Å²) in [5.74, 6) is 0.675. The Morgan fingerprint density at radius 1 is 1.17 bits per heavy atom. The average molecular weight is 484 g/mol. The van der Waals surface area contributed by atoms with Crippen molar-refractivity contribution in [2.24, 2.45) is 0 Å². The maximum atomic E-state index is 10.1. The molecule has 9 nitrogen and oxygen atoms in total. The lowest BCUT2D eigenvalue weighted by Crippen LogP contribution is -2.33. The van der Waals surface area contributed by atoms with E-state index in [2.05, 4.69) is 32.8 Å². The van der Waals surface area contributed by atoms with Crippen molar-refractivity contribution in [3.05, 3.63) is 72.8 Å². The first-order valence-electron chi connectivity index (χ1n) is 12.1. The number of aromatic nitrogens is 5. The lowest BCUT2D eigenvalue weighted by molar-refractivity contribution is 0.0277. The molecule has 1 aliphatic rings. The smallest absolute Gasteiger partial charge is 0.180 e. The summed E-state index contributed by atoms with van der Waals surface area (Å²) in [6, 6.07) is 14.4. The van der Waals surface area contributed by atoms with E-state index in [0.717, 1.165) is 58.8 Å². The van der Waals surface area contributed by atoms with Crippen LogP contribution in [0.3, 0.4) is 0 Å². The van der Waals surface area contributed by atoms with Gasteiger partial charge in [-0.25, -0.2) is 9.97 Å². The maximum absolute atomic E-state index is 10.1. The average Bonchev–Trinajstić information content (AvgIpc) is 3.50. The van der Waals surface area contributed by atoms with E-state index in [-0.39, 0.29) is 6.10 Å². The summed E-state index contributed by atoms with van der Waals surface area (Å²) in [6.07, 6.45) is 7.69. The van der Waals surface area contributed by atoms with Gasteiger partial charge in [-0.1, -0.05) is 24.3 Å². The molecule has 1 unspecified atom stereocenters. The van der Waals surface area contributed by atoms with E-state index >= 15 is 0 Å². The van der Waals surface area contributed by atoms with Gasteiger partial charge < -0.3 is 24.9 Å². The number of fused-ring (bicyclic) bond motifs is 2. The number of aliphatic hydroxyl groups is 1. The molecule has 6 rings (SSSR count). The highest BCUT2D eigenvalue weighted by molar-refractivity contribution is 5.84. The maximum Gasteiger partial charge on any atom is 0.180 e. The molecule has 0 amide bonds. The van der Waals surface area contributed by atoms with Gasteiger partial charge in [0.25, 0.3) is 0 Å². The van der Waals surface area contributed by atoms with Crippen LogP contribution >= 0.6 is 0 Å². The molecule has 0 radical (unpaired) electrons. The molecule has 4 heterocycles. The van der Waals surface area contributed by atoms with Crippen molar-refractivity contribution < 1.29 is 9.84 Å². The van der Waals surface area contributed by atoms with E-state index in [1.807, 2.05) is 53.3 Å². The normalized spacial score (nSPS) is 16.6. The van der Waals surface area contributed by atoms with Crippen molar-refractivity contribution in [1.29, 1.82) is 0 Å². The van der Waals surface area contributed by atoms with Crippen molar-refractivity contribution >= 4 is 28.1 Å². The van der Waals surface area contributed by atoms with Gasteiger partial charge in [0.15, 0.2) is 11.5 Å². The van der Waals surface area contributed by atoms with Crippen LogP contribution in [0.25, 0.3) is 27.8 Å². The molecule has 184 valence electrons. The quantitative estimate of drug-likeness (QED) is 0.336. The third-order valence-electron chi connectivity index (χ3n) is 6.25. The summed E-state index contributed by atoms with van der Waals surface area (Å²) in [5.41, 5.74) is 4.60. The van der Waals surface area contributed by atoms with Crippen molar-refractivity contribution in [3.63, 3.8) is 0 Å². The second-order valence-electron chi connectivity index (χ2n) is 9.86. The fourth-order valence-corrected chi connectivity index (χ4v) is 4.56. The van der Waals surface area contributed by atoms with Crippen LogP contribution in [0.5, 0.6) is 0 Å². The second-order valence-corrected chi connectivity index (χ2v) is 9.86. The third kappa shape index (κ3) is 4.68. The Bertz CT molecular complexity index is 1510. The largest absolute Gasteiger partial charge is 0.389 e. The summed E-state index contributed by atoms with van der Waals surface area (Å²) in [5, 5.41) is 22.6. The van der Waals surface area contributed by atoms with Crippen molar-refractivity contribution in [1.82, 2.24) is 29.5 Å². The Morgan fingerprint density at radius 2 is 2.03 bits per heavy atom. The second kappa shape index (κ2) is 9.02. The van der Waals surface area contributed by atoms with Gasteiger partial charge in [-0.15, -0.1) is 0 Å². The lowest BCUT2D eigenvalue weighted by atomic mass is 10.1. The van der Waals surface area contributed by atoms with Gasteiger partial charge in [0, 0.05) is 54.5 Å². The molecule has 1 aliphatic heterocycles. The summed E-state index contributed by atoms with van der Waals surface area (Å²) >= 11 is 0. The molecule has 5 aromatic rings. The fraction of sp³-hybridized carbons (Fsp3) is 0.296. The van der Waals surface area contributed by atoms with E-state index in [0.29, 0.717) is 12.4 Å². The molecular weight excluding hydrogens is 454 g/mol. The van der Waals surface area contributed by atoms with Crippen LogP contribution in [-0.4, -0.2) is 54.6 Å². The van der Waals surface area contributed by atoms with E-state index in [4.69, 9.17) is 9.72 Å². The SMILES string of the molecule is CC(C)(O)Cn1cc2ccc(-c3cn4ccnc4c(Nc4ccc(C5CNCCO5)cc4)n3)cc2n1. The molecule has 9 heteroatoms. The minimum absolute atomic E-state index is 0.0788. The number of rotatable bonds is 6. The summed E-state index contributed by atoms with van der Waals surface area (Å²) < 4.78 is 9.62. The van der Waals surface area contributed by atoms with Crippen LogP contribution in [0.4, 0.5) is 11.5 Å². The molecule has 0 spiro atoms. The van der Waals surface area contributed by atoms with Crippen LogP contribution in [0.2, 0.25) is 0 Å². The zero-order valence-corrected chi connectivity index (χ0v) is 20.3. The molecule has 1 fully saturated rings. The van der Waals surface area contributed by atoms with Crippen LogP contribution in [0, 0.1) is 0 Å². The number of imidazole rings is 1. The third-order valence-corrected chi connectivity index (χ3v) is 6.25. The Labute approximate surface area is 208 Å². The number of nitrogens with one attached hydrogen (secondary N) is 2. The minimum Gasteiger partial charge on any atom is -0.389 e. The van der Waals surface area contributed by atoms with Gasteiger partial charge in [0.2, 0.25) is 0 Å². The summed E-state index contributed by atoms with van der Waals surface area (Å²) in [4.78, 5) is 9.42. The number of nitrogens with zero attached hydrogens (tertiary/aromatic N) is 5.